The van der Waals surface area contributed by atoms with Gasteiger partial charge in [0.25, 0.3) is 0 Å². The Bertz CT molecular complexity index is 1560. The summed E-state index contributed by atoms with van der Waals surface area (Å²) in [5.74, 6) is -6.49. The van der Waals surface area contributed by atoms with Gasteiger partial charge >= 0.3 is 12.0 Å². The van der Waals surface area contributed by atoms with Gasteiger partial charge in [0.05, 0.1) is 5.56 Å². The first kappa shape index (κ1) is 31.9. The lowest BCUT2D eigenvalue weighted by molar-refractivity contribution is -0.438. The van der Waals surface area contributed by atoms with Crippen LogP contribution in [0.3, 0.4) is 0 Å². The number of nitrogens with zero attached hydrogens (tertiary/aromatic N) is 2. The second-order valence-corrected chi connectivity index (χ2v) is 12.2. The van der Waals surface area contributed by atoms with Crippen LogP contribution in [0, 0.1) is 5.92 Å². The molecule has 2 aliphatic rings. The molecule has 1 unspecified atom stereocenters. The third-order valence-electron chi connectivity index (χ3n) is 9.74. The van der Waals surface area contributed by atoms with Crippen molar-refractivity contribution in [3.8, 4) is 0 Å². The van der Waals surface area contributed by atoms with Crippen molar-refractivity contribution in [1.29, 1.82) is 0 Å². The van der Waals surface area contributed by atoms with Crippen LogP contribution in [-0.4, -0.2) is 35.8 Å². The third kappa shape index (κ3) is 5.82. The van der Waals surface area contributed by atoms with Gasteiger partial charge in [0.15, 0.2) is 11.1 Å². The average Bonchev–Trinajstić information content (AvgIpc) is 3.64. The molecular formula is C37H42F5N2+. The lowest BCUT2D eigenvalue weighted by atomic mass is 9.71. The number of fused-ring (bicyclic) bond motifs is 3. The van der Waals surface area contributed by atoms with Gasteiger partial charge in [0.2, 0.25) is 11.5 Å². The molecule has 7 heteroatoms. The predicted octanol–water partition coefficient (Wildman–Crippen LogP) is 10.8. The molecule has 3 aromatic carbocycles. The molecule has 0 aromatic heterocycles. The van der Waals surface area contributed by atoms with Crippen LogP contribution in [0.4, 0.5) is 33.3 Å². The van der Waals surface area contributed by atoms with Crippen LogP contribution in [0.2, 0.25) is 0 Å². The van der Waals surface area contributed by atoms with Gasteiger partial charge in [-0.3, -0.25) is 0 Å². The van der Waals surface area contributed by atoms with Crippen LogP contribution >= 0.6 is 0 Å². The Balaban J connectivity index is 1.63. The summed E-state index contributed by atoms with van der Waals surface area (Å²) >= 11 is 0. The number of alkyl halides is 2. The Morgan fingerprint density at radius 2 is 1.59 bits per heavy atom. The Morgan fingerprint density at radius 1 is 0.909 bits per heavy atom. The van der Waals surface area contributed by atoms with E-state index in [9.17, 15) is 13.2 Å². The number of allylic oxidation sites excluding steroid dienone is 2. The quantitative estimate of drug-likeness (QED) is 0.112. The number of unbranched alkanes of at least 4 members (excludes halogenated alkanes) is 1. The van der Waals surface area contributed by atoms with Gasteiger partial charge in [-0.2, -0.15) is 26.5 Å². The molecule has 1 aliphatic carbocycles. The molecule has 1 fully saturated rings. The highest BCUT2D eigenvalue weighted by molar-refractivity contribution is 6.10. The van der Waals surface area contributed by atoms with Crippen molar-refractivity contribution in [1.82, 2.24) is 0 Å². The monoisotopic (exact) mass is 609 g/mol. The molecule has 1 aliphatic heterocycles. The summed E-state index contributed by atoms with van der Waals surface area (Å²) in [5.41, 5.74) is 0.220. The van der Waals surface area contributed by atoms with Gasteiger partial charge in [-0.1, -0.05) is 68.5 Å². The van der Waals surface area contributed by atoms with Crippen LogP contribution in [0.5, 0.6) is 0 Å². The molecule has 0 bridgehead atoms. The lowest BCUT2D eigenvalue weighted by Crippen LogP contribution is -2.49. The molecule has 0 N–H and O–H groups in total. The van der Waals surface area contributed by atoms with E-state index in [0.717, 1.165) is 43.6 Å². The van der Waals surface area contributed by atoms with E-state index >= 15 is 8.78 Å². The molecule has 0 radical (unpaired) electrons. The fourth-order valence-electron chi connectivity index (χ4n) is 7.25. The van der Waals surface area contributed by atoms with Crippen LogP contribution in [0.1, 0.15) is 76.8 Å². The standard InChI is InChI=1S/C37H42F5N2/c1-4-43(5-2)29-21-17-27(18-22-29)19-24-32-36(3,37(41,42)34(38)35(39)40)33-30-16-9-8-15-28(30)20-23-31(33)44(32)25-11-10-14-26-12-6-7-13-26/h8-9,15-24,26H,4-7,10-14,25H2,1-3H3/q+1. The molecule has 0 saturated heterocycles. The minimum absolute atomic E-state index is 0.110. The molecular weight excluding hydrogens is 567 g/mol. The number of benzene rings is 3. The normalized spacial score (nSPS) is 18.9. The first-order valence-electron chi connectivity index (χ1n) is 15.9. The zero-order valence-corrected chi connectivity index (χ0v) is 25.9. The summed E-state index contributed by atoms with van der Waals surface area (Å²) in [7, 11) is 0. The maximum atomic E-state index is 16.3. The second kappa shape index (κ2) is 13.3. The van der Waals surface area contributed by atoms with E-state index < -0.39 is 23.2 Å². The number of anilines is 1. The first-order valence-corrected chi connectivity index (χ1v) is 15.9. The van der Waals surface area contributed by atoms with Crippen LogP contribution in [-0.2, 0) is 5.41 Å². The molecule has 1 atom stereocenters. The van der Waals surface area contributed by atoms with Crippen LogP contribution < -0.4 is 4.90 Å². The Kier molecular flexibility index (Phi) is 9.62. The van der Waals surface area contributed by atoms with Crippen molar-refractivity contribution in [2.45, 2.75) is 77.1 Å². The highest BCUT2D eigenvalue weighted by atomic mass is 19.3. The van der Waals surface area contributed by atoms with E-state index in [-0.39, 0.29) is 11.3 Å². The van der Waals surface area contributed by atoms with Crippen molar-refractivity contribution in [2.75, 3.05) is 24.5 Å². The van der Waals surface area contributed by atoms with E-state index in [1.54, 1.807) is 42.5 Å². The van der Waals surface area contributed by atoms with E-state index in [1.165, 1.54) is 32.6 Å². The van der Waals surface area contributed by atoms with Crippen molar-refractivity contribution in [3.63, 3.8) is 0 Å². The van der Waals surface area contributed by atoms with Gasteiger partial charge in [0, 0.05) is 37.3 Å². The average molecular weight is 610 g/mol. The second-order valence-electron chi connectivity index (χ2n) is 12.2. The van der Waals surface area contributed by atoms with Gasteiger partial charge in [0.1, 0.15) is 6.54 Å². The number of rotatable bonds is 12. The predicted molar refractivity (Wildman–Crippen MR) is 171 cm³/mol. The molecule has 3 aromatic rings. The van der Waals surface area contributed by atoms with Crippen molar-refractivity contribution in [3.05, 3.63) is 89.8 Å². The summed E-state index contributed by atoms with van der Waals surface area (Å²) in [5, 5.41) is 1.19. The van der Waals surface area contributed by atoms with Crippen molar-refractivity contribution in [2.24, 2.45) is 5.92 Å². The Hall–Kier alpha value is -3.48. The minimum atomic E-state index is -4.50. The van der Waals surface area contributed by atoms with Gasteiger partial charge < -0.3 is 4.90 Å². The fraction of sp³-hybridized carbons (Fsp3) is 0.432. The highest BCUT2D eigenvalue weighted by Crippen LogP contribution is 2.55. The molecule has 2 nitrogen and oxygen atoms in total. The maximum Gasteiger partial charge on any atom is 0.323 e. The number of hydrogen-bond acceptors (Lipinski definition) is 1. The number of hydrogen-bond donors (Lipinski definition) is 0. The third-order valence-corrected chi connectivity index (χ3v) is 9.74. The molecule has 44 heavy (non-hydrogen) atoms. The zero-order valence-electron chi connectivity index (χ0n) is 25.9. The lowest BCUT2D eigenvalue weighted by Gasteiger charge is -2.31. The molecule has 0 amide bonds. The fourth-order valence-corrected chi connectivity index (χ4v) is 7.25. The smallest absolute Gasteiger partial charge is 0.323 e. The van der Waals surface area contributed by atoms with Gasteiger partial charge in [-0.15, -0.1) is 0 Å². The molecule has 234 valence electrons. The molecule has 5 rings (SSSR count). The van der Waals surface area contributed by atoms with Crippen LogP contribution in [0.15, 0.2) is 78.6 Å². The van der Waals surface area contributed by atoms with Crippen molar-refractivity contribution < 1.29 is 26.5 Å². The first-order chi connectivity index (χ1) is 21.1. The van der Waals surface area contributed by atoms with Crippen molar-refractivity contribution >= 4 is 33.9 Å². The minimum Gasteiger partial charge on any atom is -0.372 e. The Labute approximate surface area is 257 Å². The number of halogens is 5. The van der Waals surface area contributed by atoms with E-state index in [0.29, 0.717) is 28.9 Å². The molecule has 1 saturated carbocycles. The molecule has 1 heterocycles. The maximum absolute atomic E-state index is 16.3. The van der Waals surface area contributed by atoms with Gasteiger partial charge in [-0.25, -0.2) is 0 Å². The topological polar surface area (TPSA) is 6.25 Å². The largest absolute Gasteiger partial charge is 0.372 e. The van der Waals surface area contributed by atoms with E-state index in [1.807, 2.05) is 34.9 Å². The summed E-state index contributed by atoms with van der Waals surface area (Å²) < 4.78 is 76.7. The summed E-state index contributed by atoms with van der Waals surface area (Å²) in [6.07, 6.45) is 8.06. The van der Waals surface area contributed by atoms with E-state index in [4.69, 9.17) is 0 Å². The zero-order chi connectivity index (χ0) is 31.5. The van der Waals surface area contributed by atoms with E-state index in [2.05, 4.69) is 18.7 Å². The Morgan fingerprint density at radius 3 is 2.25 bits per heavy atom. The summed E-state index contributed by atoms with van der Waals surface area (Å²) in [6, 6.07) is 18.5. The van der Waals surface area contributed by atoms with Gasteiger partial charge in [-0.05, 0) is 73.7 Å². The SMILES string of the molecule is CCN(CC)c1ccc(C=CC2=[N+](CCCCC3CCCC3)c3ccc4ccccc4c3C2(C)C(F)(F)C(F)=C(F)F)cc1. The highest BCUT2D eigenvalue weighted by Gasteiger charge is 2.67. The molecule has 0 spiro atoms. The summed E-state index contributed by atoms with van der Waals surface area (Å²) in [6.45, 7) is 7.49. The van der Waals surface area contributed by atoms with Crippen LogP contribution in [0.25, 0.3) is 16.8 Å². The summed E-state index contributed by atoms with van der Waals surface area (Å²) in [4.78, 5) is 2.20.